The summed E-state index contributed by atoms with van der Waals surface area (Å²) in [4.78, 5) is 2.68. The van der Waals surface area contributed by atoms with E-state index in [1.807, 2.05) is 17.4 Å². The molecule has 1 nitrogen and oxygen atoms in total. The van der Waals surface area contributed by atoms with Crippen molar-refractivity contribution < 1.29 is 0 Å². The number of hydrogen-bond donors (Lipinski definition) is 1. The monoisotopic (exact) mass is 305 g/mol. The van der Waals surface area contributed by atoms with Crippen LogP contribution in [0, 0.1) is 6.92 Å². The minimum Gasteiger partial charge on any atom is -0.305 e. The Morgan fingerprint density at radius 1 is 1.29 bits per heavy atom. The molecule has 0 aliphatic carbocycles. The lowest BCUT2D eigenvalue weighted by Gasteiger charge is -2.12. The van der Waals surface area contributed by atoms with Crippen LogP contribution in [-0.2, 0) is 6.54 Å². The van der Waals surface area contributed by atoms with Crippen molar-refractivity contribution in [1.82, 2.24) is 5.32 Å². The molecule has 1 unspecified atom stereocenters. The molecule has 1 N–H and O–H groups in total. The third kappa shape index (κ3) is 3.46. The van der Waals surface area contributed by atoms with E-state index in [0.717, 1.165) is 20.8 Å². The molecule has 0 aromatic carbocycles. The molecule has 1 atom stereocenters. The highest BCUT2D eigenvalue weighted by Crippen LogP contribution is 2.34. The highest BCUT2D eigenvalue weighted by Gasteiger charge is 2.13. The van der Waals surface area contributed by atoms with Gasteiger partial charge in [-0.25, -0.2) is 0 Å². The highest BCUT2D eigenvalue weighted by molar-refractivity contribution is 7.20. The molecule has 17 heavy (non-hydrogen) atoms. The third-order valence-electron chi connectivity index (χ3n) is 2.53. The third-order valence-corrected chi connectivity index (χ3v) is 5.05. The second-order valence-corrected chi connectivity index (χ2v) is 7.55. The summed E-state index contributed by atoms with van der Waals surface area (Å²) in [6.07, 6.45) is 0. The molecule has 0 spiro atoms. The second-order valence-electron chi connectivity index (χ2n) is 3.89. The molecule has 0 aliphatic rings. The van der Waals surface area contributed by atoms with Crippen LogP contribution in [0.25, 0.3) is 0 Å². The number of halogens is 2. The smallest absolute Gasteiger partial charge is 0.0991 e. The Kier molecular flexibility index (Phi) is 4.50. The Balaban J connectivity index is 1.97. The summed E-state index contributed by atoms with van der Waals surface area (Å²) in [5, 5.41) is 3.46. The standard InChI is InChI=1S/C12H13Cl2NS2/c1-7-3-4-9(16-7)6-15-8(2)10-5-11(13)17-12(10)14/h3-5,8,15H,6H2,1-2H3. The Hall–Kier alpha value is -0.0600. The lowest BCUT2D eigenvalue weighted by atomic mass is 10.2. The van der Waals surface area contributed by atoms with Gasteiger partial charge in [0.2, 0.25) is 0 Å². The summed E-state index contributed by atoms with van der Waals surface area (Å²) in [6.45, 7) is 5.08. The zero-order valence-corrected chi connectivity index (χ0v) is 12.7. The van der Waals surface area contributed by atoms with Gasteiger partial charge in [-0.05, 0) is 37.6 Å². The maximum atomic E-state index is 6.12. The van der Waals surface area contributed by atoms with Crippen molar-refractivity contribution in [2.45, 2.75) is 26.4 Å². The summed E-state index contributed by atoms with van der Waals surface area (Å²) < 4.78 is 1.52. The molecule has 0 aliphatic heterocycles. The second kappa shape index (κ2) is 5.72. The zero-order chi connectivity index (χ0) is 12.4. The fourth-order valence-corrected chi connectivity index (χ4v) is 4.08. The lowest BCUT2D eigenvalue weighted by Crippen LogP contribution is -2.17. The minimum atomic E-state index is 0.216. The topological polar surface area (TPSA) is 12.0 Å². The van der Waals surface area contributed by atoms with Gasteiger partial charge in [0.1, 0.15) is 0 Å². The molecule has 0 bridgehead atoms. The molecular formula is C12H13Cl2NS2. The van der Waals surface area contributed by atoms with Crippen LogP contribution in [0.5, 0.6) is 0 Å². The normalized spacial score (nSPS) is 12.9. The highest BCUT2D eigenvalue weighted by atomic mass is 35.5. The number of nitrogens with one attached hydrogen (secondary N) is 1. The van der Waals surface area contributed by atoms with Gasteiger partial charge in [-0.1, -0.05) is 23.2 Å². The lowest BCUT2D eigenvalue weighted by molar-refractivity contribution is 0.580. The average Bonchev–Trinajstić information content (AvgIpc) is 2.81. The van der Waals surface area contributed by atoms with Crippen LogP contribution < -0.4 is 5.32 Å². The summed E-state index contributed by atoms with van der Waals surface area (Å²) >= 11 is 15.3. The SMILES string of the molecule is Cc1ccc(CNC(C)c2cc(Cl)sc2Cl)s1. The van der Waals surface area contributed by atoms with Crippen molar-refractivity contribution in [3.05, 3.63) is 42.2 Å². The van der Waals surface area contributed by atoms with Crippen molar-refractivity contribution in [2.75, 3.05) is 0 Å². The molecule has 0 radical (unpaired) electrons. The summed E-state index contributed by atoms with van der Waals surface area (Å²) in [5.74, 6) is 0. The van der Waals surface area contributed by atoms with E-state index >= 15 is 0 Å². The maximum absolute atomic E-state index is 6.12. The van der Waals surface area contributed by atoms with Crippen molar-refractivity contribution in [1.29, 1.82) is 0 Å². The van der Waals surface area contributed by atoms with E-state index in [9.17, 15) is 0 Å². The van der Waals surface area contributed by atoms with Crippen LogP contribution in [0.15, 0.2) is 18.2 Å². The van der Waals surface area contributed by atoms with Crippen LogP contribution in [0.4, 0.5) is 0 Å². The summed E-state index contributed by atoms with van der Waals surface area (Å²) in [5.41, 5.74) is 1.08. The zero-order valence-electron chi connectivity index (χ0n) is 9.59. The average molecular weight is 306 g/mol. The summed E-state index contributed by atoms with van der Waals surface area (Å²) in [7, 11) is 0. The van der Waals surface area contributed by atoms with Gasteiger partial charge in [-0.2, -0.15) is 0 Å². The van der Waals surface area contributed by atoms with Crippen LogP contribution in [0.3, 0.4) is 0 Å². The summed E-state index contributed by atoms with van der Waals surface area (Å²) in [6, 6.07) is 6.45. The van der Waals surface area contributed by atoms with Crippen molar-refractivity contribution in [3.63, 3.8) is 0 Å². The molecule has 0 saturated heterocycles. The molecule has 0 saturated carbocycles. The molecule has 5 heteroatoms. The van der Waals surface area contributed by atoms with Gasteiger partial charge in [-0.15, -0.1) is 22.7 Å². The van der Waals surface area contributed by atoms with Gasteiger partial charge in [-0.3, -0.25) is 0 Å². The van der Waals surface area contributed by atoms with Crippen molar-refractivity contribution in [2.24, 2.45) is 0 Å². The van der Waals surface area contributed by atoms with Crippen LogP contribution in [0.2, 0.25) is 8.67 Å². The van der Waals surface area contributed by atoms with Gasteiger partial charge in [0.05, 0.1) is 8.67 Å². The van der Waals surface area contributed by atoms with Crippen LogP contribution in [0.1, 0.15) is 28.3 Å². The first-order chi connectivity index (χ1) is 8.06. The Labute approximate surface area is 119 Å². The molecule has 2 aromatic heterocycles. The predicted octanol–water partition coefficient (Wildman–Crippen LogP) is 5.28. The van der Waals surface area contributed by atoms with Gasteiger partial charge in [0, 0.05) is 22.3 Å². The van der Waals surface area contributed by atoms with Crippen molar-refractivity contribution in [3.8, 4) is 0 Å². The molecule has 2 rings (SSSR count). The Bertz CT molecular complexity index is 504. The largest absolute Gasteiger partial charge is 0.305 e. The quantitative estimate of drug-likeness (QED) is 0.811. The van der Waals surface area contributed by atoms with E-state index < -0.39 is 0 Å². The number of aryl methyl sites for hydroxylation is 1. The molecular weight excluding hydrogens is 293 g/mol. The Morgan fingerprint density at radius 3 is 2.59 bits per heavy atom. The van der Waals surface area contributed by atoms with Crippen molar-refractivity contribution >= 4 is 45.9 Å². The van der Waals surface area contributed by atoms with Gasteiger partial charge >= 0.3 is 0 Å². The number of hydrogen-bond acceptors (Lipinski definition) is 3. The van der Waals surface area contributed by atoms with Gasteiger partial charge < -0.3 is 5.32 Å². The molecule has 2 aromatic rings. The molecule has 0 fully saturated rings. The first-order valence-corrected chi connectivity index (χ1v) is 7.68. The first kappa shape index (κ1) is 13.4. The van der Waals surface area contributed by atoms with E-state index in [1.54, 1.807) is 0 Å². The van der Waals surface area contributed by atoms with Gasteiger partial charge in [0.25, 0.3) is 0 Å². The molecule has 0 amide bonds. The number of thiophene rings is 2. The molecule has 2 heterocycles. The maximum Gasteiger partial charge on any atom is 0.0991 e. The van der Waals surface area contributed by atoms with E-state index in [1.165, 1.54) is 21.1 Å². The van der Waals surface area contributed by atoms with Crippen LogP contribution >= 0.6 is 45.9 Å². The van der Waals surface area contributed by atoms with E-state index in [2.05, 4.69) is 31.3 Å². The van der Waals surface area contributed by atoms with Crippen LogP contribution in [-0.4, -0.2) is 0 Å². The van der Waals surface area contributed by atoms with E-state index in [-0.39, 0.29) is 6.04 Å². The van der Waals surface area contributed by atoms with Gasteiger partial charge in [0.15, 0.2) is 0 Å². The number of rotatable bonds is 4. The Morgan fingerprint density at radius 2 is 2.06 bits per heavy atom. The predicted molar refractivity (Wildman–Crippen MR) is 78.6 cm³/mol. The fraction of sp³-hybridized carbons (Fsp3) is 0.333. The minimum absolute atomic E-state index is 0.216. The molecule has 92 valence electrons. The first-order valence-electron chi connectivity index (χ1n) is 5.29. The fourth-order valence-electron chi connectivity index (χ4n) is 1.59. The van der Waals surface area contributed by atoms with E-state index in [4.69, 9.17) is 23.2 Å². The van der Waals surface area contributed by atoms with E-state index in [0.29, 0.717) is 0 Å².